The van der Waals surface area contributed by atoms with E-state index in [9.17, 15) is 0 Å². The molecule has 0 heterocycles. The fourth-order valence-electron chi connectivity index (χ4n) is 0.337. The first kappa shape index (κ1) is 8.48. The number of guanidine groups is 2. The fourth-order valence-corrected chi connectivity index (χ4v) is 0.337. The molecule has 0 aromatic heterocycles. The Kier molecular flexibility index (Phi) is 3.70. The summed E-state index contributed by atoms with van der Waals surface area (Å²) in [5, 5.41) is 18.5. The molecule has 0 aliphatic rings. The molecule has 0 saturated carbocycles. The maximum atomic E-state index is 7.03. The molecule has 0 aromatic rings. The van der Waals surface area contributed by atoms with Gasteiger partial charge in [0.05, 0.1) is 0 Å². The summed E-state index contributed by atoms with van der Waals surface area (Å²) < 4.78 is 0. The van der Waals surface area contributed by atoms with Crippen LogP contribution in [0.25, 0.3) is 0 Å². The van der Waals surface area contributed by atoms with Crippen molar-refractivity contribution in [2.45, 2.75) is 6.92 Å². The molecule has 5 heteroatoms. The van der Waals surface area contributed by atoms with Gasteiger partial charge < -0.3 is 11.1 Å². The monoisotopic (exact) mass is 141 g/mol. The second kappa shape index (κ2) is 4.37. The maximum Gasteiger partial charge on any atom is 0.199 e. The zero-order valence-corrected chi connectivity index (χ0v) is 5.73. The van der Waals surface area contributed by atoms with Crippen LogP contribution in [-0.4, -0.2) is 11.9 Å². The lowest BCUT2D eigenvalue weighted by molar-refractivity contribution is 1.09. The van der Waals surface area contributed by atoms with E-state index < -0.39 is 0 Å². The predicted molar refractivity (Wildman–Crippen MR) is 40.7 cm³/mol. The molecule has 0 bridgehead atoms. The third-order valence-corrected chi connectivity index (χ3v) is 0.654. The quantitative estimate of drug-likeness (QED) is 0.252. The normalized spacial score (nSPS) is 9.30. The molecule has 0 rings (SSSR count). The van der Waals surface area contributed by atoms with Crippen molar-refractivity contribution in [1.82, 2.24) is 10.6 Å². The largest absolute Gasteiger partial charge is 0.370 e. The van der Waals surface area contributed by atoms with Crippen molar-refractivity contribution < 1.29 is 0 Å². The molecule has 0 spiro atoms. The number of hydrogen-bond donors (Lipinski definition) is 5. The van der Waals surface area contributed by atoms with Gasteiger partial charge in [-0.1, -0.05) is 6.08 Å². The first-order valence-electron chi connectivity index (χ1n) is 2.74. The van der Waals surface area contributed by atoms with Gasteiger partial charge in [-0.05, 0) is 13.1 Å². The lowest BCUT2D eigenvalue weighted by Crippen LogP contribution is -2.41. The molecule has 10 heavy (non-hydrogen) atoms. The highest BCUT2D eigenvalue weighted by Gasteiger charge is 1.89. The average Bonchev–Trinajstić information content (AvgIpc) is 1.82. The second-order valence-electron chi connectivity index (χ2n) is 1.56. The van der Waals surface area contributed by atoms with Crippen LogP contribution in [-0.2, 0) is 0 Å². The number of hydrogen-bond acceptors (Lipinski definition) is 2. The number of nitrogens with one attached hydrogen (secondary N) is 4. The van der Waals surface area contributed by atoms with Gasteiger partial charge in [-0.25, -0.2) is 0 Å². The zero-order chi connectivity index (χ0) is 7.98. The van der Waals surface area contributed by atoms with Gasteiger partial charge in [0, 0.05) is 0 Å². The summed E-state index contributed by atoms with van der Waals surface area (Å²) in [5.41, 5.74) is 4.93. The van der Waals surface area contributed by atoms with Crippen molar-refractivity contribution in [3.8, 4) is 0 Å². The Labute approximate surface area is 59.3 Å². The van der Waals surface area contributed by atoms with Crippen LogP contribution in [0.5, 0.6) is 0 Å². The molecular formula is C5H11N5. The Morgan fingerprint density at radius 2 is 2.10 bits per heavy atom. The minimum atomic E-state index is -0.248. The van der Waals surface area contributed by atoms with Crippen molar-refractivity contribution in [2.75, 3.05) is 0 Å². The zero-order valence-electron chi connectivity index (χ0n) is 5.73. The summed E-state index contributed by atoms with van der Waals surface area (Å²) in [6.45, 7) is 1.81. The van der Waals surface area contributed by atoms with Crippen LogP contribution in [0.15, 0.2) is 12.3 Å². The molecule has 0 saturated heterocycles. The van der Waals surface area contributed by atoms with Gasteiger partial charge >= 0.3 is 0 Å². The second-order valence-corrected chi connectivity index (χ2v) is 1.56. The molecule has 0 radical (unpaired) electrons. The minimum Gasteiger partial charge on any atom is -0.370 e. The van der Waals surface area contributed by atoms with Gasteiger partial charge in [0.2, 0.25) is 0 Å². The summed E-state index contributed by atoms with van der Waals surface area (Å²) in [5.74, 6) is -0.257. The van der Waals surface area contributed by atoms with Crippen molar-refractivity contribution in [2.24, 2.45) is 5.73 Å². The molecule has 0 aliphatic carbocycles. The lowest BCUT2D eigenvalue weighted by Gasteiger charge is -2.02. The van der Waals surface area contributed by atoms with Crippen molar-refractivity contribution in [3.05, 3.63) is 12.3 Å². The van der Waals surface area contributed by atoms with Gasteiger partial charge in [0.15, 0.2) is 11.9 Å². The Morgan fingerprint density at radius 1 is 1.50 bits per heavy atom. The lowest BCUT2D eigenvalue weighted by atomic mass is 10.7. The highest BCUT2D eigenvalue weighted by molar-refractivity contribution is 5.95. The van der Waals surface area contributed by atoms with E-state index in [2.05, 4.69) is 10.6 Å². The standard InChI is InChI=1S/C5H11N5/c1-2-3-9-5(8)10-4(6)7/h2-3H,1H3,(H6,6,7,8,9,10). The van der Waals surface area contributed by atoms with Crippen LogP contribution in [0.2, 0.25) is 0 Å². The summed E-state index contributed by atoms with van der Waals surface area (Å²) >= 11 is 0. The Bertz CT molecular complexity index is 159. The fraction of sp³-hybridized carbons (Fsp3) is 0.200. The maximum absolute atomic E-state index is 7.03. The Balaban J connectivity index is 3.54. The summed E-state index contributed by atoms with van der Waals surface area (Å²) in [7, 11) is 0. The number of rotatable bonds is 1. The molecule has 5 nitrogen and oxygen atoms in total. The van der Waals surface area contributed by atoms with Crippen LogP contribution in [0.1, 0.15) is 6.92 Å². The van der Waals surface area contributed by atoms with Crippen LogP contribution in [0, 0.1) is 10.8 Å². The van der Waals surface area contributed by atoms with Crippen LogP contribution < -0.4 is 16.4 Å². The predicted octanol–water partition coefficient (Wildman–Crippen LogP) is -0.473. The van der Waals surface area contributed by atoms with E-state index in [0.717, 1.165) is 0 Å². The minimum absolute atomic E-state index is 0.00870. The molecule has 0 aliphatic heterocycles. The van der Waals surface area contributed by atoms with E-state index >= 15 is 0 Å². The summed E-state index contributed by atoms with van der Waals surface area (Å²) in [4.78, 5) is 0. The van der Waals surface area contributed by atoms with E-state index in [1.54, 1.807) is 12.3 Å². The molecular weight excluding hydrogens is 130 g/mol. The summed E-state index contributed by atoms with van der Waals surface area (Å²) in [6, 6.07) is 0. The molecule has 0 unspecified atom stereocenters. The van der Waals surface area contributed by atoms with Crippen molar-refractivity contribution in [1.29, 1.82) is 10.8 Å². The van der Waals surface area contributed by atoms with E-state index in [4.69, 9.17) is 16.6 Å². The molecule has 56 valence electrons. The third-order valence-electron chi connectivity index (χ3n) is 0.654. The van der Waals surface area contributed by atoms with Crippen LogP contribution in [0.4, 0.5) is 0 Å². The van der Waals surface area contributed by atoms with Crippen LogP contribution in [0.3, 0.4) is 0 Å². The van der Waals surface area contributed by atoms with Crippen molar-refractivity contribution in [3.63, 3.8) is 0 Å². The number of nitrogens with two attached hydrogens (primary N) is 1. The highest BCUT2D eigenvalue weighted by Crippen LogP contribution is 1.62. The van der Waals surface area contributed by atoms with Crippen molar-refractivity contribution >= 4 is 11.9 Å². The van der Waals surface area contributed by atoms with Gasteiger partial charge in [-0.2, -0.15) is 0 Å². The number of allylic oxidation sites excluding steroid dienone is 1. The first-order valence-corrected chi connectivity index (χ1v) is 2.74. The highest BCUT2D eigenvalue weighted by atomic mass is 15.2. The van der Waals surface area contributed by atoms with Gasteiger partial charge in [-0.3, -0.25) is 16.1 Å². The van der Waals surface area contributed by atoms with E-state index in [-0.39, 0.29) is 11.9 Å². The van der Waals surface area contributed by atoms with E-state index in [1.165, 1.54) is 0 Å². The molecule has 0 fully saturated rings. The Hall–Kier alpha value is -1.52. The first-order chi connectivity index (χ1) is 4.66. The van der Waals surface area contributed by atoms with E-state index in [0.29, 0.717) is 0 Å². The summed E-state index contributed by atoms with van der Waals surface area (Å²) in [6.07, 6.45) is 3.30. The van der Waals surface area contributed by atoms with Gasteiger partial charge in [-0.15, -0.1) is 0 Å². The molecule has 6 N–H and O–H groups in total. The smallest absolute Gasteiger partial charge is 0.199 e. The SMILES string of the molecule is CC=CNC(=N)NC(=N)N. The third kappa shape index (κ3) is 4.63. The molecule has 0 aromatic carbocycles. The Morgan fingerprint density at radius 3 is 2.50 bits per heavy atom. The molecule has 0 amide bonds. The van der Waals surface area contributed by atoms with Gasteiger partial charge in [0.25, 0.3) is 0 Å². The van der Waals surface area contributed by atoms with E-state index in [1.807, 2.05) is 6.92 Å². The molecule has 0 atom stereocenters. The average molecular weight is 141 g/mol. The van der Waals surface area contributed by atoms with Gasteiger partial charge in [0.1, 0.15) is 0 Å². The van der Waals surface area contributed by atoms with Crippen LogP contribution >= 0.6 is 0 Å². The topological polar surface area (TPSA) is 97.8 Å².